The summed E-state index contributed by atoms with van der Waals surface area (Å²) in [5.74, 6) is -1.37. The van der Waals surface area contributed by atoms with E-state index in [-0.39, 0.29) is 17.0 Å². The molecule has 23 heavy (non-hydrogen) atoms. The van der Waals surface area contributed by atoms with Crippen molar-refractivity contribution < 1.29 is 23.3 Å². The van der Waals surface area contributed by atoms with Crippen LogP contribution in [0, 0.1) is 11.6 Å². The maximum Gasteiger partial charge on any atom is 0.252 e. The van der Waals surface area contributed by atoms with Crippen molar-refractivity contribution in [2.45, 2.75) is 6.54 Å². The van der Waals surface area contributed by atoms with Crippen LogP contribution in [0.4, 0.5) is 8.78 Å². The average molecular weight is 317 g/mol. The van der Waals surface area contributed by atoms with Crippen LogP contribution in [-0.2, 0) is 6.54 Å². The summed E-state index contributed by atoms with van der Waals surface area (Å²) in [6.07, 6.45) is 0. The van der Waals surface area contributed by atoms with E-state index in [2.05, 4.69) is 0 Å². The molecule has 3 rings (SSSR count). The van der Waals surface area contributed by atoms with E-state index in [9.17, 15) is 13.6 Å². The third kappa shape index (κ3) is 2.80. The number of primary amides is 1. The molecule has 1 heterocycles. The minimum absolute atomic E-state index is 0.0380. The Labute approximate surface area is 130 Å². The minimum Gasteiger partial charge on any atom is -0.455 e. The van der Waals surface area contributed by atoms with Crippen molar-refractivity contribution >= 4 is 16.9 Å². The van der Waals surface area contributed by atoms with Crippen LogP contribution in [0.2, 0.25) is 0 Å². The lowest BCUT2D eigenvalue weighted by molar-refractivity contribution is -0.643. The van der Waals surface area contributed by atoms with Crippen LogP contribution < -0.4 is 11.1 Å². The Bertz CT molecular complexity index is 903. The molecular weight excluding hydrogens is 302 g/mol. The summed E-state index contributed by atoms with van der Waals surface area (Å²) in [4.78, 5) is 11.4. The van der Waals surface area contributed by atoms with Crippen LogP contribution in [0.1, 0.15) is 15.9 Å². The third-order valence-electron chi connectivity index (χ3n) is 3.61. The number of nitrogens with two attached hydrogens (primary N) is 2. The molecule has 118 valence electrons. The Morgan fingerprint density at radius 3 is 2.65 bits per heavy atom. The number of hydrogen-bond acceptors (Lipinski definition) is 2. The Morgan fingerprint density at radius 2 is 2.00 bits per heavy atom. The fraction of sp³-hybridized carbons (Fsp3) is 0.118. The lowest BCUT2D eigenvalue weighted by atomic mass is 10.1. The quantitative estimate of drug-likeness (QED) is 0.774. The number of halogens is 2. The summed E-state index contributed by atoms with van der Waals surface area (Å²) in [5.41, 5.74) is 6.49. The number of amides is 1. The van der Waals surface area contributed by atoms with Gasteiger partial charge in [0.15, 0.2) is 0 Å². The van der Waals surface area contributed by atoms with Crippen LogP contribution in [0.3, 0.4) is 0 Å². The molecule has 0 aliphatic rings. The molecule has 0 fully saturated rings. The Balaban J connectivity index is 2.12. The number of hydrogen-bond donors (Lipinski definition) is 2. The van der Waals surface area contributed by atoms with E-state index >= 15 is 0 Å². The molecule has 0 bridgehead atoms. The van der Waals surface area contributed by atoms with Gasteiger partial charge in [-0.2, -0.15) is 0 Å². The molecule has 0 aliphatic carbocycles. The van der Waals surface area contributed by atoms with E-state index in [0.29, 0.717) is 28.8 Å². The number of rotatable bonds is 4. The van der Waals surface area contributed by atoms with Gasteiger partial charge in [-0.25, -0.2) is 8.78 Å². The number of fused-ring (bicyclic) bond motifs is 1. The van der Waals surface area contributed by atoms with Gasteiger partial charge in [0.25, 0.3) is 5.91 Å². The monoisotopic (exact) mass is 317 g/mol. The first kappa shape index (κ1) is 15.2. The van der Waals surface area contributed by atoms with Crippen LogP contribution in [0.5, 0.6) is 0 Å². The normalized spacial score (nSPS) is 11.1. The van der Waals surface area contributed by atoms with Crippen molar-refractivity contribution in [3.05, 3.63) is 59.2 Å². The summed E-state index contributed by atoms with van der Waals surface area (Å²) in [6.45, 7) is 0.531. The molecule has 0 unspecified atom stereocenters. The molecule has 0 radical (unpaired) electrons. The maximum atomic E-state index is 14.1. The zero-order chi connectivity index (χ0) is 16.6. The second-order valence-electron chi connectivity index (χ2n) is 5.27. The lowest BCUT2D eigenvalue weighted by Crippen LogP contribution is -2.77. The highest BCUT2D eigenvalue weighted by molar-refractivity contribution is 6.04. The first-order valence-corrected chi connectivity index (χ1v) is 7.09. The molecule has 0 spiro atoms. The van der Waals surface area contributed by atoms with Crippen molar-refractivity contribution in [2.75, 3.05) is 7.05 Å². The summed E-state index contributed by atoms with van der Waals surface area (Å²) >= 11 is 0. The van der Waals surface area contributed by atoms with E-state index < -0.39 is 11.7 Å². The Kier molecular flexibility index (Phi) is 3.83. The van der Waals surface area contributed by atoms with Crippen LogP contribution in [-0.4, -0.2) is 13.0 Å². The summed E-state index contributed by atoms with van der Waals surface area (Å²) < 4.78 is 33.2. The first-order valence-electron chi connectivity index (χ1n) is 7.09. The van der Waals surface area contributed by atoms with Gasteiger partial charge in [-0.15, -0.1) is 0 Å². The summed E-state index contributed by atoms with van der Waals surface area (Å²) in [5, 5.41) is 2.27. The number of furan rings is 1. The molecule has 1 aromatic heterocycles. The predicted octanol–water partition coefficient (Wildman–Crippen LogP) is 2.17. The number of benzene rings is 2. The molecule has 1 amide bonds. The highest BCUT2D eigenvalue weighted by Crippen LogP contribution is 2.31. The van der Waals surface area contributed by atoms with Crippen molar-refractivity contribution in [3.63, 3.8) is 0 Å². The van der Waals surface area contributed by atoms with E-state index in [4.69, 9.17) is 10.2 Å². The largest absolute Gasteiger partial charge is 0.455 e. The van der Waals surface area contributed by atoms with Crippen molar-refractivity contribution in [3.8, 4) is 11.3 Å². The molecule has 0 aliphatic heterocycles. The highest BCUT2D eigenvalue weighted by atomic mass is 19.1. The predicted molar refractivity (Wildman–Crippen MR) is 81.6 cm³/mol. The molecule has 4 N–H and O–H groups in total. The smallest absolute Gasteiger partial charge is 0.252 e. The summed E-state index contributed by atoms with van der Waals surface area (Å²) in [6, 6.07) is 8.58. The highest BCUT2D eigenvalue weighted by Gasteiger charge is 2.16. The van der Waals surface area contributed by atoms with Crippen molar-refractivity contribution in [2.24, 2.45) is 5.73 Å². The van der Waals surface area contributed by atoms with Crippen LogP contribution >= 0.6 is 0 Å². The molecule has 0 atom stereocenters. The molecule has 0 saturated heterocycles. The van der Waals surface area contributed by atoms with Gasteiger partial charge in [-0.3, -0.25) is 4.79 Å². The van der Waals surface area contributed by atoms with E-state index in [1.54, 1.807) is 18.2 Å². The topological polar surface area (TPSA) is 72.8 Å². The molecule has 4 nitrogen and oxygen atoms in total. The first-order chi connectivity index (χ1) is 11.0. The average Bonchev–Trinajstić information content (AvgIpc) is 2.92. The van der Waals surface area contributed by atoms with Gasteiger partial charge in [-0.1, -0.05) is 6.07 Å². The molecule has 0 saturated carbocycles. The standard InChI is InChI=1S/C17H14F2N2O2/c1-21-8-10-3-2-9(5-14(10)19)15-6-11-4-12(18)7-13(17(20)22)16(11)23-15/h2-7,21H,8H2,1H3,(H2,20,22)/p+1. The Hall–Kier alpha value is -2.73. The summed E-state index contributed by atoms with van der Waals surface area (Å²) in [7, 11) is 1.85. The van der Waals surface area contributed by atoms with E-state index in [1.165, 1.54) is 12.1 Å². The molecular formula is C17H15F2N2O2+. The second-order valence-corrected chi connectivity index (χ2v) is 5.27. The zero-order valence-corrected chi connectivity index (χ0v) is 12.4. The van der Waals surface area contributed by atoms with Crippen molar-refractivity contribution in [1.29, 1.82) is 0 Å². The van der Waals surface area contributed by atoms with Crippen LogP contribution in [0.25, 0.3) is 22.3 Å². The van der Waals surface area contributed by atoms with Gasteiger partial charge in [0.2, 0.25) is 0 Å². The fourth-order valence-corrected chi connectivity index (χ4v) is 2.53. The number of quaternary nitrogens is 1. The van der Waals surface area contributed by atoms with Gasteiger partial charge in [0.05, 0.1) is 12.6 Å². The van der Waals surface area contributed by atoms with Gasteiger partial charge in [-0.05, 0) is 30.3 Å². The third-order valence-corrected chi connectivity index (χ3v) is 3.61. The Morgan fingerprint density at radius 1 is 1.22 bits per heavy atom. The minimum atomic E-state index is -0.782. The van der Waals surface area contributed by atoms with Gasteiger partial charge >= 0.3 is 0 Å². The molecule has 3 aromatic rings. The number of carbonyl (C=O) groups excluding carboxylic acids is 1. The molecule has 2 aromatic carbocycles. The van der Waals surface area contributed by atoms with Crippen molar-refractivity contribution in [1.82, 2.24) is 0 Å². The van der Waals surface area contributed by atoms with E-state index in [0.717, 1.165) is 6.07 Å². The van der Waals surface area contributed by atoms with Gasteiger partial charge in [0.1, 0.15) is 29.5 Å². The van der Waals surface area contributed by atoms with E-state index in [1.807, 2.05) is 12.4 Å². The fourth-order valence-electron chi connectivity index (χ4n) is 2.53. The second kappa shape index (κ2) is 5.81. The zero-order valence-electron chi connectivity index (χ0n) is 12.4. The number of carbonyl (C=O) groups is 1. The van der Waals surface area contributed by atoms with Gasteiger partial charge in [0, 0.05) is 16.5 Å². The SMILES string of the molecule is C[NH2+]Cc1ccc(-c2cc3cc(F)cc(C(N)=O)c3o2)cc1F. The van der Waals surface area contributed by atoms with Gasteiger partial charge < -0.3 is 15.5 Å². The lowest BCUT2D eigenvalue weighted by Gasteiger charge is -2.02. The van der Waals surface area contributed by atoms with Crippen LogP contribution in [0.15, 0.2) is 40.8 Å². The molecule has 6 heteroatoms. The maximum absolute atomic E-state index is 14.1.